The Morgan fingerprint density at radius 2 is 2.50 bits per heavy atom. The normalized spacial score (nSPS) is 18.7. The Morgan fingerprint density at radius 1 is 1.60 bits per heavy atom. The van der Waals surface area contributed by atoms with E-state index in [2.05, 4.69) is 17.2 Å². The summed E-state index contributed by atoms with van der Waals surface area (Å²) in [6.45, 7) is 5.30. The molecule has 58 valence electrons. The Hall–Kier alpha value is -0.370. The van der Waals surface area contributed by atoms with Crippen molar-refractivity contribution in [2.45, 2.75) is 26.2 Å². The highest BCUT2D eigenvalue weighted by Crippen LogP contribution is 1.98. The third-order valence-electron chi connectivity index (χ3n) is 1.77. The summed E-state index contributed by atoms with van der Waals surface area (Å²) >= 11 is 0. The van der Waals surface area contributed by atoms with E-state index in [-0.39, 0.29) is 0 Å². The van der Waals surface area contributed by atoms with E-state index in [4.69, 9.17) is 0 Å². The molecule has 0 saturated heterocycles. The molecule has 0 radical (unpaired) electrons. The topological polar surface area (TPSA) is 24.4 Å². The van der Waals surface area contributed by atoms with Crippen LogP contribution in [0.2, 0.25) is 0 Å². The van der Waals surface area contributed by atoms with Crippen molar-refractivity contribution in [3.05, 3.63) is 0 Å². The third kappa shape index (κ3) is 2.48. The lowest BCUT2D eigenvalue weighted by atomic mass is 10.1. The summed E-state index contributed by atoms with van der Waals surface area (Å²) in [5.74, 6) is 0. The molecule has 0 fully saturated rings. The Balaban J connectivity index is 2.18. The number of nitrogens with zero attached hydrogens (tertiary/aromatic N) is 1. The SMILES string of the molecule is CCCCC1=NCCNC1. The van der Waals surface area contributed by atoms with Gasteiger partial charge in [-0.25, -0.2) is 0 Å². The minimum absolute atomic E-state index is 0.985. The van der Waals surface area contributed by atoms with Gasteiger partial charge >= 0.3 is 0 Å². The maximum atomic E-state index is 4.42. The fraction of sp³-hybridized carbons (Fsp3) is 0.875. The summed E-state index contributed by atoms with van der Waals surface area (Å²) in [4.78, 5) is 4.42. The number of rotatable bonds is 3. The van der Waals surface area contributed by atoms with Crippen molar-refractivity contribution in [3.63, 3.8) is 0 Å². The highest BCUT2D eigenvalue weighted by atomic mass is 15.0. The van der Waals surface area contributed by atoms with Gasteiger partial charge in [-0.05, 0) is 12.8 Å². The van der Waals surface area contributed by atoms with Gasteiger partial charge in [0.25, 0.3) is 0 Å². The van der Waals surface area contributed by atoms with Gasteiger partial charge in [0.1, 0.15) is 0 Å². The minimum atomic E-state index is 0.985. The van der Waals surface area contributed by atoms with Crippen LogP contribution in [0.15, 0.2) is 4.99 Å². The monoisotopic (exact) mass is 140 g/mol. The lowest BCUT2D eigenvalue weighted by Crippen LogP contribution is -2.30. The van der Waals surface area contributed by atoms with Crippen molar-refractivity contribution >= 4 is 5.71 Å². The number of unbranched alkanes of at least 4 members (excludes halogenated alkanes) is 1. The van der Waals surface area contributed by atoms with Gasteiger partial charge in [-0.15, -0.1) is 0 Å². The second kappa shape index (κ2) is 4.45. The molecular formula is C8H16N2. The second-order valence-electron chi connectivity index (χ2n) is 2.73. The molecular weight excluding hydrogens is 124 g/mol. The van der Waals surface area contributed by atoms with E-state index in [0.717, 1.165) is 19.6 Å². The van der Waals surface area contributed by atoms with Crippen LogP contribution in [-0.4, -0.2) is 25.3 Å². The van der Waals surface area contributed by atoms with Gasteiger partial charge in [0.05, 0.1) is 6.54 Å². The van der Waals surface area contributed by atoms with Gasteiger partial charge in [-0.2, -0.15) is 0 Å². The van der Waals surface area contributed by atoms with Gasteiger partial charge in [-0.1, -0.05) is 13.3 Å². The number of hydrogen-bond donors (Lipinski definition) is 1. The molecule has 0 aromatic carbocycles. The van der Waals surface area contributed by atoms with Crippen LogP contribution in [0, 0.1) is 0 Å². The fourth-order valence-electron chi connectivity index (χ4n) is 1.13. The Labute approximate surface area is 62.7 Å². The van der Waals surface area contributed by atoms with Crippen molar-refractivity contribution < 1.29 is 0 Å². The highest BCUT2D eigenvalue weighted by molar-refractivity contribution is 5.86. The second-order valence-corrected chi connectivity index (χ2v) is 2.73. The average Bonchev–Trinajstić information content (AvgIpc) is 2.03. The van der Waals surface area contributed by atoms with E-state index in [1.807, 2.05) is 0 Å². The molecule has 0 aromatic rings. The number of hydrogen-bond acceptors (Lipinski definition) is 2. The summed E-state index contributed by atoms with van der Waals surface area (Å²) < 4.78 is 0. The third-order valence-corrected chi connectivity index (χ3v) is 1.77. The van der Waals surface area contributed by atoms with Crippen LogP contribution < -0.4 is 5.32 Å². The van der Waals surface area contributed by atoms with Crippen LogP contribution in [0.4, 0.5) is 0 Å². The molecule has 0 bridgehead atoms. The molecule has 1 aliphatic rings. The van der Waals surface area contributed by atoms with E-state index < -0.39 is 0 Å². The smallest absolute Gasteiger partial charge is 0.0514 e. The van der Waals surface area contributed by atoms with E-state index in [0.29, 0.717) is 0 Å². The Kier molecular flexibility index (Phi) is 3.44. The first kappa shape index (κ1) is 7.73. The molecule has 1 rings (SSSR count). The van der Waals surface area contributed by atoms with Crippen LogP contribution in [0.1, 0.15) is 26.2 Å². The first-order valence-corrected chi connectivity index (χ1v) is 4.16. The van der Waals surface area contributed by atoms with Crippen molar-refractivity contribution in [1.29, 1.82) is 0 Å². The molecule has 0 spiro atoms. The summed E-state index contributed by atoms with van der Waals surface area (Å²) in [6, 6.07) is 0. The van der Waals surface area contributed by atoms with Crippen LogP contribution in [0.3, 0.4) is 0 Å². The predicted molar refractivity (Wildman–Crippen MR) is 44.7 cm³/mol. The van der Waals surface area contributed by atoms with E-state index in [1.54, 1.807) is 0 Å². The van der Waals surface area contributed by atoms with Crippen molar-refractivity contribution in [2.75, 3.05) is 19.6 Å². The Bertz CT molecular complexity index is 118. The van der Waals surface area contributed by atoms with E-state index in [1.165, 1.54) is 25.0 Å². The standard InChI is InChI=1S/C8H16N2/c1-2-3-4-8-7-9-5-6-10-8/h9H,2-7H2,1H3. The first-order chi connectivity index (χ1) is 4.93. The minimum Gasteiger partial charge on any atom is -0.310 e. The maximum absolute atomic E-state index is 4.42. The van der Waals surface area contributed by atoms with Crippen LogP contribution in [0.5, 0.6) is 0 Å². The highest BCUT2D eigenvalue weighted by Gasteiger charge is 2.01. The van der Waals surface area contributed by atoms with Gasteiger partial charge < -0.3 is 5.32 Å². The van der Waals surface area contributed by atoms with Crippen LogP contribution >= 0.6 is 0 Å². The molecule has 2 heteroatoms. The first-order valence-electron chi connectivity index (χ1n) is 4.16. The summed E-state index contributed by atoms with van der Waals surface area (Å²) in [5, 5.41) is 3.31. The zero-order chi connectivity index (χ0) is 7.23. The molecule has 10 heavy (non-hydrogen) atoms. The summed E-state index contributed by atoms with van der Waals surface area (Å²) in [5.41, 5.74) is 1.37. The van der Waals surface area contributed by atoms with Gasteiger partial charge in [0, 0.05) is 18.8 Å². The zero-order valence-electron chi connectivity index (χ0n) is 6.69. The molecule has 1 aliphatic heterocycles. The molecule has 0 atom stereocenters. The number of nitrogens with one attached hydrogen (secondary N) is 1. The number of aliphatic imine (C=N–C) groups is 1. The molecule has 0 aromatic heterocycles. The van der Waals surface area contributed by atoms with E-state index >= 15 is 0 Å². The summed E-state index contributed by atoms with van der Waals surface area (Å²) in [7, 11) is 0. The van der Waals surface area contributed by atoms with Crippen molar-refractivity contribution in [2.24, 2.45) is 4.99 Å². The molecule has 0 saturated carbocycles. The summed E-state index contributed by atoms with van der Waals surface area (Å²) in [6.07, 6.45) is 3.77. The van der Waals surface area contributed by atoms with Crippen LogP contribution in [0.25, 0.3) is 0 Å². The Morgan fingerprint density at radius 3 is 3.10 bits per heavy atom. The van der Waals surface area contributed by atoms with E-state index in [9.17, 15) is 0 Å². The quantitative estimate of drug-likeness (QED) is 0.626. The molecule has 1 N–H and O–H groups in total. The fourth-order valence-corrected chi connectivity index (χ4v) is 1.13. The molecule has 2 nitrogen and oxygen atoms in total. The average molecular weight is 140 g/mol. The molecule has 1 heterocycles. The van der Waals surface area contributed by atoms with Gasteiger partial charge in [0.2, 0.25) is 0 Å². The van der Waals surface area contributed by atoms with Gasteiger partial charge in [-0.3, -0.25) is 4.99 Å². The predicted octanol–water partition coefficient (Wildman–Crippen LogP) is 1.22. The molecule has 0 amide bonds. The maximum Gasteiger partial charge on any atom is 0.0514 e. The van der Waals surface area contributed by atoms with Crippen LogP contribution in [-0.2, 0) is 0 Å². The van der Waals surface area contributed by atoms with Gasteiger partial charge in [0.15, 0.2) is 0 Å². The zero-order valence-corrected chi connectivity index (χ0v) is 6.69. The molecule has 0 aliphatic carbocycles. The molecule has 0 unspecified atom stereocenters. The van der Waals surface area contributed by atoms with Crippen molar-refractivity contribution in [1.82, 2.24) is 5.32 Å². The lowest BCUT2D eigenvalue weighted by Gasteiger charge is -2.12. The van der Waals surface area contributed by atoms with Crippen molar-refractivity contribution in [3.8, 4) is 0 Å². The lowest BCUT2D eigenvalue weighted by molar-refractivity contribution is 0.711. The largest absolute Gasteiger partial charge is 0.310 e.